The number of benzene rings is 1. The molecular formula is C8H7NS. The average molecular weight is 149 g/mol. The Morgan fingerprint density at radius 1 is 1.20 bits per heavy atom. The summed E-state index contributed by atoms with van der Waals surface area (Å²) in [5.74, 6) is 0. The van der Waals surface area contributed by atoms with Gasteiger partial charge < -0.3 is 4.98 Å². The van der Waals surface area contributed by atoms with E-state index in [1.165, 1.54) is 5.39 Å². The molecular weight excluding hydrogens is 142 g/mol. The van der Waals surface area contributed by atoms with Crippen molar-refractivity contribution in [3.63, 3.8) is 0 Å². The zero-order valence-corrected chi connectivity index (χ0v) is 6.23. The van der Waals surface area contributed by atoms with Gasteiger partial charge in [0.1, 0.15) is 0 Å². The fourth-order valence-electron chi connectivity index (χ4n) is 1.04. The van der Waals surface area contributed by atoms with Crippen molar-refractivity contribution in [1.29, 1.82) is 0 Å². The molecule has 0 bridgehead atoms. The predicted molar refractivity (Wildman–Crippen MR) is 45.6 cm³/mol. The van der Waals surface area contributed by atoms with E-state index in [-0.39, 0.29) is 0 Å². The topological polar surface area (TPSA) is 15.8 Å². The molecule has 1 aromatic carbocycles. The normalized spacial score (nSPS) is 10.5. The Morgan fingerprint density at radius 2 is 2.10 bits per heavy atom. The van der Waals surface area contributed by atoms with E-state index in [1.807, 2.05) is 30.5 Å². The minimum Gasteiger partial charge on any atom is -0.361 e. The Labute approximate surface area is 64.5 Å². The van der Waals surface area contributed by atoms with Gasteiger partial charge in [0, 0.05) is 16.6 Å². The van der Waals surface area contributed by atoms with Gasteiger partial charge in [-0.15, -0.1) is 12.6 Å². The lowest BCUT2D eigenvalue weighted by Crippen LogP contribution is -1.66. The van der Waals surface area contributed by atoms with Gasteiger partial charge in [-0.1, -0.05) is 6.07 Å². The third kappa shape index (κ3) is 0.809. The number of thiol groups is 1. The summed E-state index contributed by atoms with van der Waals surface area (Å²) in [5, 5.41) is 1.23. The van der Waals surface area contributed by atoms with Crippen molar-refractivity contribution >= 4 is 23.5 Å². The SMILES string of the molecule is Sc1ccc2cc[nH]c2c1. The van der Waals surface area contributed by atoms with E-state index in [9.17, 15) is 0 Å². The van der Waals surface area contributed by atoms with E-state index < -0.39 is 0 Å². The summed E-state index contributed by atoms with van der Waals surface area (Å²) in [7, 11) is 0. The molecule has 1 heterocycles. The van der Waals surface area contributed by atoms with Gasteiger partial charge in [0.2, 0.25) is 0 Å². The van der Waals surface area contributed by atoms with Crippen molar-refractivity contribution in [2.75, 3.05) is 0 Å². The molecule has 0 aliphatic rings. The average Bonchev–Trinajstić information content (AvgIpc) is 2.33. The molecule has 0 unspecified atom stereocenters. The van der Waals surface area contributed by atoms with Crippen LogP contribution in [-0.4, -0.2) is 4.98 Å². The quantitative estimate of drug-likeness (QED) is 0.535. The standard InChI is InChI=1S/C8H7NS/c10-7-2-1-6-3-4-9-8(6)5-7/h1-5,9-10H. The van der Waals surface area contributed by atoms with Crippen LogP contribution in [0.1, 0.15) is 0 Å². The van der Waals surface area contributed by atoms with Crippen LogP contribution in [0.3, 0.4) is 0 Å². The Bertz CT molecular complexity index is 351. The van der Waals surface area contributed by atoms with E-state index in [2.05, 4.69) is 17.6 Å². The van der Waals surface area contributed by atoms with E-state index in [0.29, 0.717) is 0 Å². The van der Waals surface area contributed by atoms with Crippen LogP contribution in [0.2, 0.25) is 0 Å². The number of hydrogen-bond donors (Lipinski definition) is 2. The van der Waals surface area contributed by atoms with Crippen molar-refractivity contribution < 1.29 is 0 Å². The van der Waals surface area contributed by atoms with Crippen LogP contribution in [0.5, 0.6) is 0 Å². The maximum Gasteiger partial charge on any atom is 0.0465 e. The molecule has 10 heavy (non-hydrogen) atoms. The molecule has 2 heteroatoms. The highest BCUT2D eigenvalue weighted by Gasteiger charge is 1.91. The fourth-order valence-corrected chi connectivity index (χ4v) is 1.24. The largest absolute Gasteiger partial charge is 0.361 e. The second kappa shape index (κ2) is 2.06. The minimum absolute atomic E-state index is 0.995. The number of rotatable bonds is 0. The number of H-pyrrole nitrogens is 1. The maximum absolute atomic E-state index is 4.22. The summed E-state index contributed by atoms with van der Waals surface area (Å²) in [6.45, 7) is 0. The molecule has 0 saturated heterocycles. The first-order chi connectivity index (χ1) is 4.86. The van der Waals surface area contributed by atoms with Gasteiger partial charge in [-0.25, -0.2) is 0 Å². The van der Waals surface area contributed by atoms with Crippen molar-refractivity contribution in [2.45, 2.75) is 4.90 Å². The third-order valence-electron chi connectivity index (χ3n) is 1.54. The first-order valence-electron chi connectivity index (χ1n) is 3.12. The molecule has 0 aliphatic heterocycles. The lowest BCUT2D eigenvalue weighted by atomic mass is 10.2. The number of aromatic nitrogens is 1. The predicted octanol–water partition coefficient (Wildman–Crippen LogP) is 2.46. The summed E-state index contributed by atoms with van der Waals surface area (Å²) in [5.41, 5.74) is 1.15. The van der Waals surface area contributed by atoms with Gasteiger partial charge in [0.15, 0.2) is 0 Å². The molecule has 2 rings (SSSR count). The zero-order valence-electron chi connectivity index (χ0n) is 5.33. The lowest BCUT2D eigenvalue weighted by Gasteiger charge is -1.89. The molecule has 0 saturated carbocycles. The highest BCUT2D eigenvalue weighted by molar-refractivity contribution is 7.80. The highest BCUT2D eigenvalue weighted by atomic mass is 32.1. The fraction of sp³-hybridized carbons (Fsp3) is 0. The Morgan fingerprint density at radius 3 is 3.00 bits per heavy atom. The van der Waals surface area contributed by atoms with Crippen LogP contribution < -0.4 is 0 Å². The molecule has 0 aliphatic carbocycles. The summed E-state index contributed by atoms with van der Waals surface area (Å²) < 4.78 is 0. The van der Waals surface area contributed by atoms with Crippen LogP contribution >= 0.6 is 12.6 Å². The van der Waals surface area contributed by atoms with Gasteiger partial charge in [-0.3, -0.25) is 0 Å². The first-order valence-corrected chi connectivity index (χ1v) is 3.57. The molecule has 1 aromatic heterocycles. The van der Waals surface area contributed by atoms with Crippen LogP contribution in [0, 0.1) is 0 Å². The van der Waals surface area contributed by atoms with E-state index in [1.54, 1.807) is 0 Å². The highest BCUT2D eigenvalue weighted by Crippen LogP contribution is 2.15. The van der Waals surface area contributed by atoms with Gasteiger partial charge in [0.05, 0.1) is 0 Å². The maximum atomic E-state index is 4.22. The first kappa shape index (κ1) is 5.86. The van der Waals surface area contributed by atoms with Gasteiger partial charge >= 0.3 is 0 Å². The lowest BCUT2D eigenvalue weighted by molar-refractivity contribution is 1.44. The molecule has 0 amide bonds. The van der Waals surface area contributed by atoms with Gasteiger partial charge in [-0.05, 0) is 23.6 Å². The Kier molecular flexibility index (Phi) is 1.21. The van der Waals surface area contributed by atoms with Crippen LogP contribution in [0.15, 0.2) is 35.4 Å². The molecule has 0 fully saturated rings. The summed E-state index contributed by atoms with van der Waals surface area (Å²) >= 11 is 4.22. The molecule has 0 atom stereocenters. The van der Waals surface area contributed by atoms with Crippen molar-refractivity contribution in [3.05, 3.63) is 30.5 Å². The van der Waals surface area contributed by atoms with Crippen LogP contribution in [-0.2, 0) is 0 Å². The molecule has 0 spiro atoms. The minimum atomic E-state index is 0.995. The smallest absolute Gasteiger partial charge is 0.0465 e. The molecule has 1 nitrogen and oxygen atoms in total. The van der Waals surface area contributed by atoms with Crippen LogP contribution in [0.25, 0.3) is 10.9 Å². The van der Waals surface area contributed by atoms with Crippen molar-refractivity contribution in [2.24, 2.45) is 0 Å². The zero-order chi connectivity index (χ0) is 6.97. The molecule has 1 N–H and O–H groups in total. The number of aromatic amines is 1. The van der Waals surface area contributed by atoms with E-state index in [0.717, 1.165) is 10.4 Å². The van der Waals surface area contributed by atoms with E-state index >= 15 is 0 Å². The number of nitrogens with one attached hydrogen (secondary N) is 1. The van der Waals surface area contributed by atoms with Crippen molar-refractivity contribution in [1.82, 2.24) is 4.98 Å². The third-order valence-corrected chi connectivity index (χ3v) is 1.82. The summed E-state index contributed by atoms with van der Waals surface area (Å²) in [6.07, 6.45) is 1.93. The molecule has 50 valence electrons. The Balaban J connectivity index is 2.86. The number of hydrogen-bond acceptors (Lipinski definition) is 1. The second-order valence-corrected chi connectivity index (χ2v) is 2.77. The monoisotopic (exact) mass is 149 g/mol. The number of fused-ring (bicyclic) bond motifs is 1. The van der Waals surface area contributed by atoms with Gasteiger partial charge in [0.25, 0.3) is 0 Å². The van der Waals surface area contributed by atoms with E-state index in [4.69, 9.17) is 0 Å². The summed E-state index contributed by atoms with van der Waals surface area (Å²) in [6, 6.07) is 8.09. The van der Waals surface area contributed by atoms with Gasteiger partial charge in [-0.2, -0.15) is 0 Å². The second-order valence-electron chi connectivity index (χ2n) is 2.25. The summed E-state index contributed by atoms with van der Waals surface area (Å²) in [4.78, 5) is 4.11. The Hall–Kier alpha value is -0.890. The van der Waals surface area contributed by atoms with Crippen molar-refractivity contribution in [3.8, 4) is 0 Å². The van der Waals surface area contributed by atoms with Crippen LogP contribution in [0.4, 0.5) is 0 Å². The molecule has 0 radical (unpaired) electrons. The molecule has 2 aromatic rings.